The van der Waals surface area contributed by atoms with Crippen LogP contribution < -0.4 is 10.6 Å². The minimum absolute atomic E-state index is 0.328. The third kappa shape index (κ3) is 8.94. The van der Waals surface area contributed by atoms with E-state index in [-0.39, 0.29) is 6.09 Å². The maximum atomic E-state index is 11.4. The van der Waals surface area contributed by atoms with Gasteiger partial charge >= 0.3 is 6.09 Å². The molecule has 5 nitrogen and oxygen atoms in total. The number of ether oxygens (including phenoxy) is 1. The largest absolute Gasteiger partial charge is 0.444 e. The highest BCUT2D eigenvalue weighted by Gasteiger charge is 2.26. The fourth-order valence-corrected chi connectivity index (χ4v) is 2.50. The Balaban J connectivity index is 1.89. The summed E-state index contributed by atoms with van der Waals surface area (Å²) < 4.78 is 5.18. The number of amides is 1. The molecule has 0 atom stereocenters. The second-order valence-electron chi connectivity index (χ2n) is 7.46. The van der Waals surface area contributed by atoms with Crippen LogP contribution in [0.2, 0.25) is 0 Å². The molecular weight excluding hydrogens is 266 g/mol. The first-order chi connectivity index (χ1) is 9.76. The highest BCUT2D eigenvalue weighted by atomic mass is 16.6. The van der Waals surface area contributed by atoms with Crippen LogP contribution in [0, 0.1) is 11.8 Å². The quantitative estimate of drug-likeness (QED) is 0.674. The fraction of sp³-hybridized carbons (Fsp3) is 0.938. The molecule has 0 spiro atoms. The van der Waals surface area contributed by atoms with Crippen LogP contribution in [-0.4, -0.2) is 55.9 Å². The molecule has 2 N–H and O–H groups in total. The van der Waals surface area contributed by atoms with E-state index in [0.717, 1.165) is 31.3 Å². The molecule has 1 rings (SSSR count). The molecule has 0 radical (unpaired) electrons. The SMILES string of the molecule is CC(C)CN1CC(CNCCCNC(=O)OC(C)(C)C)C1. The maximum absolute atomic E-state index is 11.4. The molecule has 1 heterocycles. The minimum Gasteiger partial charge on any atom is -0.444 e. The molecule has 0 bridgehead atoms. The lowest BCUT2D eigenvalue weighted by Gasteiger charge is -2.40. The number of rotatable bonds is 8. The maximum Gasteiger partial charge on any atom is 0.407 e. The zero-order valence-corrected chi connectivity index (χ0v) is 14.4. The van der Waals surface area contributed by atoms with E-state index in [9.17, 15) is 4.79 Å². The van der Waals surface area contributed by atoms with Crippen molar-refractivity contribution >= 4 is 6.09 Å². The smallest absolute Gasteiger partial charge is 0.407 e. The third-order valence-electron chi connectivity index (χ3n) is 3.29. The van der Waals surface area contributed by atoms with Gasteiger partial charge < -0.3 is 20.3 Å². The van der Waals surface area contributed by atoms with Crippen LogP contribution in [0.25, 0.3) is 0 Å². The summed E-state index contributed by atoms with van der Waals surface area (Å²) in [7, 11) is 0. The fourth-order valence-electron chi connectivity index (χ4n) is 2.50. The minimum atomic E-state index is -0.422. The molecule has 5 heteroatoms. The van der Waals surface area contributed by atoms with E-state index in [0.29, 0.717) is 6.54 Å². The Kier molecular flexibility index (Phi) is 7.46. The average molecular weight is 299 g/mol. The van der Waals surface area contributed by atoms with Gasteiger partial charge in [-0.05, 0) is 45.6 Å². The zero-order valence-electron chi connectivity index (χ0n) is 14.4. The monoisotopic (exact) mass is 299 g/mol. The van der Waals surface area contributed by atoms with E-state index in [1.165, 1.54) is 19.6 Å². The molecule has 1 aliphatic heterocycles. The van der Waals surface area contributed by atoms with Crippen molar-refractivity contribution in [2.75, 3.05) is 39.3 Å². The lowest BCUT2D eigenvalue weighted by molar-refractivity contribution is 0.0527. The Hall–Kier alpha value is -0.810. The van der Waals surface area contributed by atoms with Gasteiger partial charge in [-0.2, -0.15) is 0 Å². The van der Waals surface area contributed by atoms with Crippen molar-refractivity contribution in [2.24, 2.45) is 11.8 Å². The summed E-state index contributed by atoms with van der Waals surface area (Å²) in [6.07, 6.45) is 0.604. The summed E-state index contributed by atoms with van der Waals surface area (Å²) in [5, 5.41) is 6.24. The molecule has 0 saturated carbocycles. The first-order valence-corrected chi connectivity index (χ1v) is 8.16. The normalized spacial score (nSPS) is 16.9. The highest BCUT2D eigenvalue weighted by molar-refractivity contribution is 5.67. The van der Waals surface area contributed by atoms with Crippen LogP contribution >= 0.6 is 0 Å². The molecule has 0 aromatic rings. The first-order valence-electron chi connectivity index (χ1n) is 8.16. The molecule has 0 aromatic heterocycles. The van der Waals surface area contributed by atoms with Gasteiger partial charge in [0.15, 0.2) is 0 Å². The molecule has 0 aromatic carbocycles. The lowest BCUT2D eigenvalue weighted by Crippen LogP contribution is -2.51. The number of alkyl carbamates (subject to hydrolysis) is 1. The first kappa shape index (κ1) is 18.2. The number of carbonyl (C=O) groups excluding carboxylic acids is 1. The van der Waals surface area contributed by atoms with E-state index in [2.05, 4.69) is 29.4 Å². The number of carbonyl (C=O) groups is 1. The predicted molar refractivity (Wildman–Crippen MR) is 86.5 cm³/mol. The van der Waals surface area contributed by atoms with Crippen LogP contribution in [0.1, 0.15) is 41.0 Å². The summed E-state index contributed by atoms with van der Waals surface area (Å²) in [5.41, 5.74) is -0.422. The number of hydrogen-bond acceptors (Lipinski definition) is 4. The molecule has 1 saturated heterocycles. The Labute approximate surface area is 129 Å². The molecule has 0 aliphatic carbocycles. The van der Waals surface area contributed by atoms with Gasteiger partial charge in [0.05, 0.1) is 0 Å². The van der Waals surface area contributed by atoms with Gasteiger partial charge in [0, 0.05) is 32.7 Å². The van der Waals surface area contributed by atoms with Crippen molar-refractivity contribution in [1.29, 1.82) is 0 Å². The lowest BCUT2D eigenvalue weighted by atomic mass is 9.98. The summed E-state index contributed by atoms with van der Waals surface area (Å²) in [5.74, 6) is 1.56. The standard InChI is InChI=1S/C16H33N3O2/c1-13(2)10-19-11-14(12-19)9-17-7-6-8-18-15(20)21-16(3,4)5/h13-14,17H,6-12H2,1-5H3,(H,18,20). The number of hydrogen-bond donors (Lipinski definition) is 2. The average Bonchev–Trinajstić information content (AvgIpc) is 2.26. The molecule has 124 valence electrons. The van der Waals surface area contributed by atoms with Crippen molar-refractivity contribution in [3.05, 3.63) is 0 Å². The molecule has 1 amide bonds. The van der Waals surface area contributed by atoms with Crippen molar-refractivity contribution < 1.29 is 9.53 Å². The van der Waals surface area contributed by atoms with Gasteiger partial charge in [0.2, 0.25) is 0 Å². The van der Waals surface area contributed by atoms with Crippen LogP contribution in [0.5, 0.6) is 0 Å². The topological polar surface area (TPSA) is 53.6 Å². The van der Waals surface area contributed by atoms with Gasteiger partial charge in [-0.1, -0.05) is 13.8 Å². The highest BCUT2D eigenvalue weighted by Crippen LogP contribution is 2.15. The number of nitrogens with zero attached hydrogens (tertiary/aromatic N) is 1. The second kappa shape index (κ2) is 8.59. The predicted octanol–water partition coefficient (Wildman–Crippen LogP) is 2.08. The molecule has 21 heavy (non-hydrogen) atoms. The Bertz CT molecular complexity index is 307. The Morgan fingerprint density at radius 1 is 1.29 bits per heavy atom. The van der Waals surface area contributed by atoms with Gasteiger partial charge in [-0.3, -0.25) is 0 Å². The van der Waals surface area contributed by atoms with E-state index >= 15 is 0 Å². The Morgan fingerprint density at radius 2 is 1.95 bits per heavy atom. The van der Waals surface area contributed by atoms with Crippen molar-refractivity contribution in [3.8, 4) is 0 Å². The molecule has 0 unspecified atom stereocenters. The van der Waals surface area contributed by atoms with Crippen molar-refractivity contribution in [2.45, 2.75) is 46.6 Å². The van der Waals surface area contributed by atoms with Gasteiger partial charge in [0.25, 0.3) is 0 Å². The van der Waals surface area contributed by atoms with Gasteiger partial charge in [-0.25, -0.2) is 4.79 Å². The van der Waals surface area contributed by atoms with Crippen molar-refractivity contribution in [1.82, 2.24) is 15.5 Å². The van der Waals surface area contributed by atoms with Crippen LogP contribution in [0.4, 0.5) is 4.79 Å². The van der Waals surface area contributed by atoms with E-state index in [1.807, 2.05) is 20.8 Å². The third-order valence-corrected chi connectivity index (χ3v) is 3.29. The summed E-state index contributed by atoms with van der Waals surface area (Å²) >= 11 is 0. The van der Waals surface area contributed by atoms with E-state index in [1.54, 1.807) is 0 Å². The van der Waals surface area contributed by atoms with Crippen LogP contribution in [-0.2, 0) is 4.74 Å². The second-order valence-corrected chi connectivity index (χ2v) is 7.46. The van der Waals surface area contributed by atoms with E-state index in [4.69, 9.17) is 4.74 Å². The van der Waals surface area contributed by atoms with Gasteiger partial charge in [-0.15, -0.1) is 0 Å². The summed E-state index contributed by atoms with van der Waals surface area (Å²) in [4.78, 5) is 13.9. The van der Waals surface area contributed by atoms with Gasteiger partial charge in [0.1, 0.15) is 5.60 Å². The summed E-state index contributed by atoms with van der Waals surface area (Å²) in [6, 6.07) is 0. The molecular formula is C16H33N3O2. The number of likely N-dealkylation sites (tertiary alicyclic amines) is 1. The van der Waals surface area contributed by atoms with Crippen LogP contribution in [0.15, 0.2) is 0 Å². The molecule has 1 aliphatic rings. The zero-order chi connectivity index (χ0) is 15.9. The number of nitrogens with one attached hydrogen (secondary N) is 2. The van der Waals surface area contributed by atoms with Crippen LogP contribution in [0.3, 0.4) is 0 Å². The Morgan fingerprint density at radius 3 is 2.52 bits per heavy atom. The summed E-state index contributed by atoms with van der Waals surface area (Å²) in [6.45, 7) is 16.5. The van der Waals surface area contributed by atoms with Crippen molar-refractivity contribution in [3.63, 3.8) is 0 Å². The molecule has 1 fully saturated rings. The van der Waals surface area contributed by atoms with E-state index < -0.39 is 5.60 Å².